The van der Waals surface area contributed by atoms with Gasteiger partial charge in [-0.3, -0.25) is 0 Å². The van der Waals surface area contributed by atoms with E-state index in [0.29, 0.717) is 0 Å². The molecule has 0 radical (unpaired) electrons. The Kier molecular flexibility index (Phi) is 4.91. The predicted octanol–water partition coefficient (Wildman–Crippen LogP) is 3.26. The third kappa shape index (κ3) is 5.54. The first-order chi connectivity index (χ1) is 4.66. The molecule has 0 aromatic heterocycles. The highest BCUT2D eigenvalue weighted by Gasteiger charge is 1.89. The SMILES string of the molecule is C=C(C)CC/C(C)=C\CF. The summed E-state index contributed by atoms with van der Waals surface area (Å²) < 4.78 is 11.7. The normalized spacial score (nSPS) is 11.7. The second kappa shape index (κ2) is 5.21. The van der Waals surface area contributed by atoms with Gasteiger partial charge in [0.15, 0.2) is 0 Å². The van der Waals surface area contributed by atoms with Crippen molar-refractivity contribution in [1.82, 2.24) is 0 Å². The van der Waals surface area contributed by atoms with Crippen molar-refractivity contribution in [3.63, 3.8) is 0 Å². The van der Waals surface area contributed by atoms with Gasteiger partial charge in [0.1, 0.15) is 6.67 Å². The minimum atomic E-state index is -0.345. The molecule has 0 amide bonds. The van der Waals surface area contributed by atoms with Gasteiger partial charge in [-0.15, -0.1) is 6.58 Å². The molecule has 0 N–H and O–H groups in total. The molecule has 58 valence electrons. The van der Waals surface area contributed by atoms with Crippen molar-refractivity contribution in [3.05, 3.63) is 23.8 Å². The maximum Gasteiger partial charge on any atom is 0.108 e. The van der Waals surface area contributed by atoms with Gasteiger partial charge in [0.2, 0.25) is 0 Å². The summed E-state index contributed by atoms with van der Waals surface area (Å²) in [6, 6.07) is 0. The van der Waals surface area contributed by atoms with Crippen LogP contribution in [0, 0.1) is 0 Å². The third-order valence-corrected chi connectivity index (χ3v) is 1.37. The topological polar surface area (TPSA) is 0 Å². The van der Waals surface area contributed by atoms with Crippen LogP contribution >= 0.6 is 0 Å². The minimum Gasteiger partial charge on any atom is -0.247 e. The quantitative estimate of drug-likeness (QED) is 0.528. The summed E-state index contributed by atoms with van der Waals surface area (Å²) >= 11 is 0. The van der Waals surface area contributed by atoms with Crippen LogP contribution in [0.3, 0.4) is 0 Å². The average molecular weight is 142 g/mol. The molecule has 0 saturated heterocycles. The molecule has 0 fully saturated rings. The fourth-order valence-electron chi connectivity index (χ4n) is 0.644. The molecule has 0 spiro atoms. The van der Waals surface area contributed by atoms with Crippen molar-refractivity contribution in [2.45, 2.75) is 26.7 Å². The largest absolute Gasteiger partial charge is 0.247 e. The number of halogens is 1. The van der Waals surface area contributed by atoms with E-state index in [1.54, 1.807) is 6.08 Å². The Balaban J connectivity index is 3.48. The van der Waals surface area contributed by atoms with E-state index in [2.05, 4.69) is 6.58 Å². The lowest BCUT2D eigenvalue weighted by Crippen LogP contribution is -1.80. The average Bonchev–Trinajstić information content (AvgIpc) is 1.85. The second-order valence-corrected chi connectivity index (χ2v) is 2.66. The summed E-state index contributed by atoms with van der Waals surface area (Å²) in [5.74, 6) is 0. The molecule has 1 heteroatoms. The molecule has 0 unspecified atom stereocenters. The van der Waals surface area contributed by atoms with E-state index in [9.17, 15) is 4.39 Å². The van der Waals surface area contributed by atoms with E-state index < -0.39 is 0 Å². The zero-order valence-electron chi connectivity index (χ0n) is 6.78. The van der Waals surface area contributed by atoms with Crippen LogP contribution < -0.4 is 0 Å². The highest BCUT2D eigenvalue weighted by molar-refractivity contribution is 5.02. The molecular weight excluding hydrogens is 127 g/mol. The summed E-state index contributed by atoms with van der Waals surface area (Å²) in [6.07, 6.45) is 3.53. The smallest absolute Gasteiger partial charge is 0.108 e. The molecule has 0 aliphatic rings. The van der Waals surface area contributed by atoms with Crippen LogP contribution in [0.25, 0.3) is 0 Å². The molecule has 0 aliphatic carbocycles. The lowest BCUT2D eigenvalue weighted by molar-refractivity contribution is 0.558. The van der Waals surface area contributed by atoms with Crippen molar-refractivity contribution >= 4 is 0 Å². The van der Waals surface area contributed by atoms with Gasteiger partial charge in [-0.25, -0.2) is 4.39 Å². The lowest BCUT2D eigenvalue weighted by Gasteiger charge is -1.98. The molecule has 0 atom stereocenters. The van der Waals surface area contributed by atoms with Crippen LogP contribution in [0.2, 0.25) is 0 Å². The summed E-state index contributed by atoms with van der Waals surface area (Å²) in [5, 5.41) is 0. The predicted molar refractivity (Wildman–Crippen MR) is 43.8 cm³/mol. The van der Waals surface area contributed by atoms with Crippen LogP contribution in [0.15, 0.2) is 23.8 Å². The van der Waals surface area contributed by atoms with Gasteiger partial charge in [0, 0.05) is 0 Å². The standard InChI is InChI=1S/C9H15F/c1-8(2)4-5-9(3)6-7-10/h6H,1,4-5,7H2,2-3H3/b9-6-. The highest BCUT2D eigenvalue weighted by atomic mass is 19.1. The van der Waals surface area contributed by atoms with E-state index in [4.69, 9.17) is 0 Å². The molecular formula is C9H15F. The first-order valence-electron chi connectivity index (χ1n) is 3.52. The number of allylic oxidation sites excluding steroid dienone is 3. The van der Waals surface area contributed by atoms with Crippen molar-refractivity contribution in [2.24, 2.45) is 0 Å². The lowest BCUT2D eigenvalue weighted by atomic mass is 10.1. The van der Waals surface area contributed by atoms with Crippen LogP contribution in [0.1, 0.15) is 26.7 Å². The van der Waals surface area contributed by atoms with E-state index in [-0.39, 0.29) is 6.67 Å². The molecule has 0 bridgehead atoms. The van der Waals surface area contributed by atoms with E-state index in [1.807, 2.05) is 13.8 Å². The number of hydrogen-bond donors (Lipinski definition) is 0. The molecule has 0 heterocycles. The van der Waals surface area contributed by atoms with Crippen molar-refractivity contribution in [3.8, 4) is 0 Å². The highest BCUT2D eigenvalue weighted by Crippen LogP contribution is 2.08. The Morgan fingerprint density at radius 1 is 1.40 bits per heavy atom. The second-order valence-electron chi connectivity index (χ2n) is 2.66. The van der Waals surface area contributed by atoms with E-state index in [1.165, 1.54) is 0 Å². The van der Waals surface area contributed by atoms with Crippen LogP contribution in [0.5, 0.6) is 0 Å². The monoisotopic (exact) mass is 142 g/mol. The Morgan fingerprint density at radius 2 is 2.00 bits per heavy atom. The zero-order valence-corrected chi connectivity index (χ0v) is 6.78. The minimum absolute atomic E-state index is 0.345. The van der Waals surface area contributed by atoms with Gasteiger partial charge in [0.05, 0.1) is 0 Å². The van der Waals surface area contributed by atoms with Crippen LogP contribution in [-0.4, -0.2) is 6.67 Å². The number of rotatable bonds is 4. The summed E-state index contributed by atoms with van der Waals surface area (Å²) in [4.78, 5) is 0. The molecule has 0 aromatic carbocycles. The maximum atomic E-state index is 11.7. The number of hydrogen-bond acceptors (Lipinski definition) is 0. The van der Waals surface area contributed by atoms with Crippen LogP contribution in [0.4, 0.5) is 4.39 Å². The Morgan fingerprint density at radius 3 is 2.40 bits per heavy atom. The third-order valence-electron chi connectivity index (χ3n) is 1.37. The van der Waals surface area contributed by atoms with Crippen LogP contribution in [-0.2, 0) is 0 Å². The Bertz CT molecular complexity index is 134. The first kappa shape index (κ1) is 9.41. The van der Waals surface area contributed by atoms with Crippen molar-refractivity contribution < 1.29 is 4.39 Å². The van der Waals surface area contributed by atoms with Gasteiger partial charge in [0.25, 0.3) is 0 Å². The summed E-state index contributed by atoms with van der Waals surface area (Å²) in [5.41, 5.74) is 2.28. The zero-order chi connectivity index (χ0) is 7.98. The van der Waals surface area contributed by atoms with Gasteiger partial charge >= 0.3 is 0 Å². The first-order valence-corrected chi connectivity index (χ1v) is 3.52. The fraction of sp³-hybridized carbons (Fsp3) is 0.556. The van der Waals surface area contributed by atoms with E-state index >= 15 is 0 Å². The maximum absolute atomic E-state index is 11.7. The molecule has 10 heavy (non-hydrogen) atoms. The van der Waals surface area contributed by atoms with Gasteiger partial charge in [-0.2, -0.15) is 0 Å². The van der Waals surface area contributed by atoms with E-state index in [0.717, 1.165) is 24.0 Å². The molecule has 0 aromatic rings. The van der Waals surface area contributed by atoms with Crippen molar-refractivity contribution in [1.29, 1.82) is 0 Å². The van der Waals surface area contributed by atoms with Gasteiger partial charge in [-0.05, 0) is 26.7 Å². The molecule has 0 aliphatic heterocycles. The summed E-state index contributed by atoms with van der Waals surface area (Å²) in [6.45, 7) is 7.36. The molecule has 0 saturated carbocycles. The van der Waals surface area contributed by atoms with Crippen molar-refractivity contribution in [2.75, 3.05) is 6.67 Å². The Hall–Kier alpha value is -0.590. The fourth-order valence-corrected chi connectivity index (χ4v) is 0.644. The Labute approximate surface area is 62.4 Å². The molecule has 0 rings (SSSR count). The molecule has 0 nitrogen and oxygen atoms in total. The number of alkyl halides is 1. The summed E-state index contributed by atoms with van der Waals surface area (Å²) in [7, 11) is 0. The van der Waals surface area contributed by atoms with Gasteiger partial charge in [-0.1, -0.05) is 17.2 Å². The van der Waals surface area contributed by atoms with Gasteiger partial charge < -0.3 is 0 Å².